The number of hydrogen-bond acceptors (Lipinski definition) is 3. The molecule has 0 bridgehead atoms. The van der Waals surface area contributed by atoms with Crippen molar-refractivity contribution >= 4 is 10.8 Å². The molecule has 0 atom stereocenters. The highest BCUT2D eigenvalue weighted by Gasteiger charge is 2.13. The topological polar surface area (TPSA) is 39.4 Å². The minimum absolute atomic E-state index is 0.0333. The third-order valence-electron chi connectivity index (χ3n) is 4.38. The summed E-state index contributed by atoms with van der Waals surface area (Å²) in [5, 5.41) is 0.535. The van der Waals surface area contributed by atoms with Gasteiger partial charge in [0.2, 0.25) is 0 Å². The summed E-state index contributed by atoms with van der Waals surface area (Å²) in [4.78, 5) is 12.1. The Kier molecular flexibility index (Phi) is 7.29. The Bertz CT molecular complexity index is 706. The lowest BCUT2D eigenvalue weighted by atomic mass is 10.1. The third-order valence-corrected chi connectivity index (χ3v) is 4.38. The van der Waals surface area contributed by atoms with Gasteiger partial charge in [-0.2, -0.15) is 0 Å². The highest BCUT2D eigenvalue weighted by Crippen LogP contribution is 2.25. The predicted molar refractivity (Wildman–Crippen MR) is 95.3 cm³/mol. The van der Waals surface area contributed by atoms with E-state index in [1.165, 1.54) is 51.7 Å². The lowest BCUT2D eigenvalue weighted by Crippen LogP contribution is -2.05. The van der Waals surface area contributed by atoms with E-state index in [1.54, 1.807) is 12.1 Å². The molecule has 0 unspecified atom stereocenters. The Balaban J connectivity index is 1.91. The number of hydrogen-bond donors (Lipinski definition) is 0. The average Bonchev–Trinajstić information content (AvgIpc) is 2.57. The fourth-order valence-electron chi connectivity index (χ4n) is 2.99. The van der Waals surface area contributed by atoms with Crippen LogP contribution in [0.15, 0.2) is 27.4 Å². The standard InChI is InChI=1S/C20H27FO3/c1-3-4-5-6-7-8-9-10-11-16-14-15-12-13-17(23-2)19(21)18(15)20(22)24-16/h12-14H,3-11H2,1-2H3. The Morgan fingerprint density at radius 2 is 1.71 bits per heavy atom. The number of rotatable bonds is 10. The maximum Gasteiger partial charge on any atom is 0.346 e. The summed E-state index contributed by atoms with van der Waals surface area (Å²) in [6, 6.07) is 5.00. The van der Waals surface area contributed by atoms with E-state index < -0.39 is 11.4 Å². The number of halogens is 1. The van der Waals surface area contributed by atoms with Gasteiger partial charge >= 0.3 is 5.63 Å². The van der Waals surface area contributed by atoms with Gasteiger partial charge in [-0.3, -0.25) is 0 Å². The van der Waals surface area contributed by atoms with Gasteiger partial charge in [-0.15, -0.1) is 0 Å². The number of unbranched alkanes of at least 4 members (excludes halogenated alkanes) is 7. The summed E-state index contributed by atoms with van der Waals surface area (Å²) >= 11 is 0. The van der Waals surface area contributed by atoms with E-state index in [9.17, 15) is 9.18 Å². The van der Waals surface area contributed by atoms with Gasteiger partial charge in [-0.1, -0.05) is 57.9 Å². The molecule has 1 aromatic heterocycles. The monoisotopic (exact) mass is 334 g/mol. The molecular weight excluding hydrogens is 307 g/mol. The van der Waals surface area contributed by atoms with Crippen molar-refractivity contribution in [3.8, 4) is 5.75 Å². The number of methoxy groups -OCH3 is 1. The minimum Gasteiger partial charge on any atom is -0.494 e. The molecule has 0 aliphatic carbocycles. The lowest BCUT2D eigenvalue weighted by Gasteiger charge is -2.06. The first-order chi connectivity index (χ1) is 11.7. The quantitative estimate of drug-likeness (QED) is 0.529. The first-order valence-corrected chi connectivity index (χ1v) is 8.96. The Labute approximate surface area is 142 Å². The van der Waals surface area contributed by atoms with Crippen molar-refractivity contribution in [1.29, 1.82) is 0 Å². The van der Waals surface area contributed by atoms with Crippen LogP contribution in [0, 0.1) is 5.82 Å². The molecule has 24 heavy (non-hydrogen) atoms. The molecule has 0 aliphatic rings. The third kappa shape index (κ3) is 4.83. The van der Waals surface area contributed by atoms with E-state index in [1.807, 2.05) is 0 Å². The van der Waals surface area contributed by atoms with E-state index in [-0.39, 0.29) is 11.1 Å². The van der Waals surface area contributed by atoms with Gasteiger partial charge in [0.05, 0.1) is 7.11 Å². The second-order valence-corrected chi connectivity index (χ2v) is 6.27. The van der Waals surface area contributed by atoms with Crippen LogP contribution >= 0.6 is 0 Å². The van der Waals surface area contributed by atoms with Gasteiger partial charge in [0, 0.05) is 6.42 Å². The van der Waals surface area contributed by atoms with Crippen LogP contribution in [0.3, 0.4) is 0 Å². The van der Waals surface area contributed by atoms with Crippen molar-refractivity contribution in [2.75, 3.05) is 7.11 Å². The second kappa shape index (κ2) is 9.45. The minimum atomic E-state index is -0.651. The van der Waals surface area contributed by atoms with Crippen molar-refractivity contribution in [1.82, 2.24) is 0 Å². The lowest BCUT2D eigenvalue weighted by molar-refractivity contribution is 0.387. The maximum atomic E-state index is 14.2. The van der Waals surface area contributed by atoms with E-state index in [0.717, 1.165) is 12.8 Å². The maximum absolute atomic E-state index is 14.2. The zero-order valence-corrected chi connectivity index (χ0v) is 14.7. The van der Waals surface area contributed by atoms with Crippen molar-refractivity contribution in [2.45, 2.75) is 64.7 Å². The van der Waals surface area contributed by atoms with Crippen LogP contribution < -0.4 is 10.4 Å². The largest absolute Gasteiger partial charge is 0.494 e. The van der Waals surface area contributed by atoms with Crippen LogP contribution in [-0.2, 0) is 6.42 Å². The summed E-state index contributed by atoms with van der Waals surface area (Å²) in [6.45, 7) is 2.22. The van der Waals surface area contributed by atoms with Gasteiger partial charge < -0.3 is 9.15 Å². The van der Waals surface area contributed by atoms with Gasteiger partial charge in [0.1, 0.15) is 11.1 Å². The zero-order chi connectivity index (χ0) is 17.4. The fourth-order valence-corrected chi connectivity index (χ4v) is 2.99. The van der Waals surface area contributed by atoms with Crippen molar-refractivity contribution in [2.24, 2.45) is 0 Å². The molecule has 0 spiro atoms. The van der Waals surface area contributed by atoms with E-state index in [4.69, 9.17) is 9.15 Å². The number of fused-ring (bicyclic) bond motifs is 1. The Morgan fingerprint density at radius 1 is 1.04 bits per heavy atom. The van der Waals surface area contributed by atoms with Gasteiger partial charge in [-0.05, 0) is 23.9 Å². The molecule has 0 fully saturated rings. The first-order valence-electron chi connectivity index (χ1n) is 8.96. The van der Waals surface area contributed by atoms with E-state index in [2.05, 4.69) is 6.92 Å². The molecule has 2 aromatic rings. The fraction of sp³-hybridized carbons (Fsp3) is 0.550. The molecule has 0 saturated heterocycles. The van der Waals surface area contributed by atoms with E-state index in [0.29, 0.717) is 17.6 Å². The number of benzene rings is 1. The molecule has 132 valence electrons. The first kappa shape index (κ1) is 18.5. The van der Waals surface area contributed by atoms with Crippen molar-refractivity contribution < 1.29 is 13.5 Å². The molecular formula is C20H27FO3. The van der Waals surface area contributed by atoms with Gasteiger partial charge in [0.25, 0.3) is 0 Å². The van der Waals surface area contributed by atoms with E-state index >= 15 is 0 Å². The van der Waals surface area contributed by atoms with Crippen LogP contribution in [0.25, 0.3) is 10.8 Å². The molecule has 0 radical (unpaired) electrons. The molecule has 0 N–H and O–H groups in total. The summed E-state index contributed by atoms with van der Waals surface area (Å²) in [5.41, 5.74) is -0.626. The Hall–Kier alpha value is -1.84. The van der Waals surface area contributed by atoms with Crippen LogP contribution in [0.1, 0.15) is 64.1 Å². The summed E-state index contributed by atoms with van der Waals surface area (Å²) in [7, 11) is 1.38. The van der Waals surface area contributed by atoms with Crippen molar-refractivity contribution in [3.63, 3.8) is 0 Å². The molecule has 0 amide bonds. The molecule has 3 nitrogen and oxygen atoms in total. The van der Waals surface area contributed by atoms with Crippen LogP contribution in [-0.4, -0.2) is 7.11 Å². The van der Waals surface area contributed by atoms with Gasteiger partial charge in [-0.25, -0.2) is 9.18 Å². The van der Waals surface area contributed by atoms with Crippen LogP contribution in [0.2, 0.25) is 0 Å². The summed E-state index contributed by atoms with van der Waals surface area (Å²) in [5.74, 6) is 0.0380. The number of aryl methyl sites for hydroxylation is 1. The smallest absolute Gasteiger partial charge is 0.346 e. The SMILES string of the molecule is CCCCCCCCCCc1cc2ccc(OC)c(F)c2c(=O)o1. The molecule has 0 aliphatic heterocycles. The molecule has 4 heteroatoms. The highest BCUT2D eigenvalue weighted by molar-refractivity contribution is 5.83. The van der Waals surface area contributed by atoms with Gasteiger partial charge in [0.15, 0.2) is 11.6 Å². The van der Waals surface area contributed by atoms with Crippen LogP contribution in [0.5, 0.6) is 5.75 Å². The average molecular weight is 334 g/mol. The predicted octanol–water partition coefficient (Wildman–Crippen LogP) is 5.62. The zero-order valence-electron chi connectivity index (χ0n) is 14.7. The summed E-state index contributed by atoms with van der Waals surface area (Å²) in [6.07, 6.45) is 10.5. The molecule has 1 heterocycles. The molecule has 2 rings (SSSR count). The molecule has 0 saturated carbocycles. The van der Waals surface area contributed by atoms with Crippen molar-refractivity contribution in [3.05, 3.63) is 40.2 Å². The summed E-state index contributed by atoms with van der Waals surface area (Å²) < 4.78 is 24.3. The van der Waals surface area contributed by atoms with Crippen LogP contribution in [0.4, 0.5) is 4.39 Å². The number of ether oxygens (including phenoxy) is 1. The second-order valence-electron chi connectivity index (χ2n) is 6.27. The highest BCUT2D eigenvalue weighted by atomic mass is 19.1. The Morgan fingerprint density at radius 3 is 2.38 bits per heavy atom. The molecule has 1 aromatic carbocycles. The normalized spacial score (nSPS) is 11.1.